The first-order valence-corrected chi connectivity index (χ1v) is 8.53. The number of nitrogens with zero attached hydrogens (tertiary/aromatic N) is 3. The zero-order valence-electron chi connectivity index (χ0n) is 13.4. The van der Waals surface area contributed by atoms with Crippen LogP contribution in [0.2, 0.25) is 0 Å². The smallest absolute Gasteiger partial charge is 0.164 e. The van der Waals surface area contributed by atoms with E-state index in [-0.39, 0.29) is 0 Å². The Morgan fingerprint density at radius 3 is 2.67 bits per heavy atom. The molecule has 4 aromatic rings. The van der Waals surface area contributed by atoms with Crippen molar-refractivity contribution < 1.29 is 0 Å². The molecule has 0 aliphatic heterocycles. The number of hydrogen-bond acceptors (Lipinski definition) is 5. The van der Waals surface area contributed by atoms with Gasteiger partial charge in [-0.05, 0) is 43.7 Å². The standard InChI is InChI=1S/C19H16N4S/c1-12-6-3-4-8-16(12)21-18-15-10-13(2)24-19(15)23-17(22-18)14-7-5-9-20-11-14/h3-11H,1-2H3,(H,21,22,23). The van der Waals surface area contributed by atoms with Gasteiger partial charge in [-0.2, -0.15) is 0 Å². The highest BCUT2D eigenvalue weighted by molar-refractivity contribution is 7.18. The Morgan fingerprint density at radius 1 is 1.00 bits per heavy atom. The highest BCUT2D eigenvalue weighted by Gasteiger charge is 2.13. The molecule has 118 valence electrons. The molecule has 4 rings (SSSR count). The summed E-state index contributed by atoms with van der Waals surface area (Å²) in [5, 5.41) is 4.52. The second kappa shape index (κ2) is 6.02. The Labute approximate surface area is 144 Å². The topological polar surface area (TPSA) is 50.7 Å². The van der Waals surface area contributed by atoms with Crippen molar-refractivity contribution in [2.24, 2.45) is 0 Å². The molecule has 0 saturated carbocycles. The monoisotopic (exact) mass is 332 g/mol. The number of para-hydroxylation sites is 1. The molecule has 0 saturated heterocycles. The third kappa shape index (κ3) is 2.74. The number of benzene rings is 1. The molecule has 3 aromatic heterocycles. The molecule has 0 bridgehead atoms. The van der Waals surface area contributed by atoms with E-state index in [1.54, 1.807) is 23.7 Å². The van der Waals surface area contributed by atoms with Gasteiger partial charge in [-0.15, -0.1) is 11.3 Å². The van der Waals surface area contributed by atoms with Crippen LogP contribution in [-0.4, -0.2) is 15.0 Å². The normalized spacial score (nSPS) is 10.9. The molecule has 3 heterocycles. The first-order chi connectivity index (χ1) is 11.7. The van der Waals surface area contributed by atoms with Crippen LogP contribution in [0.15, 0.2) is 54.9 Å². The molecule has 0 unspecified atom stereocenters. The van der Waals surface area contributed by atoms with Crippen LogP contribution in [0.5, 0.6) is 0 Å². The maximum atomic E-state index is 4.77. The summed E-state index contributed by atoms with van der Waals surface area (Å²) in [4.78, 5) is 15.9. The highest BCUT2D eigenvalue weighted by atomic mass is 32.1. The lowest BCUT2D eigenvalue weighted by Crippen LogP contribution is -1.99. The van der Waals surface area contributed by atoms with Crippen molar-refractivity contribution in [3.63, 3.8) is 0 Å². The Morgan fingerprint density at radius 2 is 1.88 bits per heavy atom. The molecule has 1 N–H and O–H groups in total. The van der Waals surface area contributed by atoms with Gasteiger partial charge in [-0.1, -0.05) is 18.2 Å². The molecule has 0 amide bonds. The van der Waals surface area contributed by atoms with Crippen LogP contribution >= 0.6 is 11.3 Å². The molecule has 5 heteroatoms. The van der Waals surface area contributed by atoms with Crippen molar-refractivity contribution >= 4 is 33.1 Å². The van der Waals surface area contributed by atoms with Crippen molar-refractivity contribution in [2.75, 3.05) is 5.32 Å². The SMILES string of the molecule is Cc1cc2c(Nc3ccccc3C)nc(-c3cccnc3)nc2s1. The van der Waals surface area contributed by atoms with Crippen LogP contribution in [-0.2, 0) is 0 Å². The van der Waals surface area contributed by atoms with E-state index in [4.69, 9.17) is 9.97 Å². The van der Waals surface area contributed by atoms with Crippen LogP contribution < -0.4 is 5.32 Å². The Kier molecular flexibility index (Phi) is 3.70. The number of anilines is 2. The minimum Gasteiger partial charge on any atom is -0.339 e. The molecular formula is C19H16N4S. The zero-order chi connectivity index (χ0) is 16.5. The van der Waals surface area contributed by atoms with E-state index < -0.39 is 0 Å². The molecule has 0 radical (unpaired) electrons. The van der Waals surface area contributed by atoms with Crippen LogP contribution in [0.4, 0.5) is 11.5 Å². The van der Waals surface area contributed by atoms with Gasteiger partial charge in [0.2, 0.25) is 0 Å². The number of hydrogen-bond donors (Lipinski definition) is 1. The van der Waals surface area contributed by atoms with Gasteiger partial charge in [0.25, 0.3) is 0 Å². The molecule has 0 fully saturated rings. The van der Waals surface area contributed by atoms with E-state index in [1.165, 1.54) is 10.4 Å². The summed E-state index contributed by atoms with van der Waals surface area (Å²) in [5.41, 5.74) is 3.15. The Hall–Kier alpha value is -2.79. The van der Waals surface area contributed by atoms with Crippen LogP contribution in [0.3, 0.4) is 0 Å². The predicted octanol–water partition coefficient (Wildman–Crippen LogP) is 5.11. The lowest BCUT2D eigenvalue weighted by Gasteiger charge is -2.11. The molecule has 0 aliphatic carbocycles. The second-order valence-electron chi connectivity index (χ2n) is 5.65. The maximum Gasteiger partial charge on any atom is 0.164 e. The van der Waals surface area contributed by atoms with Gasteiger partial charge in [-0.25, -0.2) is 9.97 Å². The largest absolute Gasteiger partial charge is 0.339 e. The number of aromatic nitrogens is 3. The summed E-state index contributed by atoms with van der Waals surface area (Å²) < 4.78 is 0. The molecule has 0 spiro atoms. The fourth-order valence-electron chi connectivity index (χ4n) is 2.60. The van der Waals surface area contributed by atoms with Crippen molar-refractivity contribution in [2.45, 2.75) is 13.8 Å². The second-order valence-corrected chi connectivity index (χ2v) is 6.89. The van der Waals surface area contributed by atoms with Crippen LogP contribution in [0.1, 0.15) is 10.4 Å². The summed E-state index contributed by atoms with van der Waals surface area (Å²) >= 11 is 1.68. The molecule has 1 aromatic carbocycles. The lowest BCUT2D eigenvalue weighted by atomic mass is 10.2. The van der Waals surface area contributed by atoms with Crippen molar-refractivity contribution in [3.8, 4) is 11.4 Å². The Bertz CT molecular complexity index is 1010. The van der Waals surface area contributed by atoms with Crippen molar-refractivity contribution in [3.05, 3.63) is 65.3 Å². The summed E-state index contributed by atoms with van der Waals surface area (Å²) in [6.45, 7) is 4.18. The Balaban J connectivity index is 1.88. The van der Waals surface area contributed by atoms with Gasteiger partial charge >= 0.3 is 0 Å². The average Bonchev–Trinajstić information content (AvgIpc) is 2.98. The number of thiophene rings is 1. The third-order valence-electron chi connectivity index (χ3n) is 3.83. The number of pyridine rings is 1. The first kappa shape index (κ1) is 14.8. The van der Waals surface area contributed by atoms with Crippen molar-refractivity contribution in [1.29, 1.82) is 0 Å². The van der Waals surface area contributed by atoms with Gasteiger partial charge in [-0.3, -0.25) is 4.98 Å². The summed E-state index contributed by atoms with van der Waals surface area (Å²) in [5.74, 6) is 1.52. The van der Waals surface area contributed by atoms with E-state index in [9.17, 15) is 0 Å². The molecule has 24 heavy (non-hydrogen) atoms. The predicted molar refractivity (Wildman–Crippen MR) is 99.8 cm³/mol. The van der Waals surface area contributed by atoms with E-state index in [0.29, 0.717) is 5.82 Å². The minimum atomic E-state index is 0.688. The minimum absolute atomic E-state index is 0.688. The van der Waals surface area contributed by atoms with Crippen molar-refractivity contribution in [1.82, 2.24) is 15.0 Å². The van der Waals surface area contributed by atoms with E-state index in [1.807, 2.05) is 24.3 Å². The molecular weight excluding hydrogens is 316 g/mol. The molecule has 0 atom stereocenters. The number of aryl methyl sites for hydroxylation is 2. The molecule has 4 nitrogen and oxygen atoms in total. The van der Waals surface area contributed by atoms with Gasteiger partial charge in [0.05, 0.1) is 5.39 Å². The van der Waals surface area contributed by atoms with E-state index in [0.717, 1.165) is 27.3 Å². The highest BCUT2D eigenvalue weighted by Crippen LogP contribution is 2.32. The third-order valence-corrected chi connectivity index (χ3v) is 4.78. The molecule has 0 aliphatic rings. The van der Waals surface area contributed by atoms with Gasteiger partial charge in [0.1, 0.15) is 10.6 Å². The first-order valence-electron chi connectivity index (χ1n) is 7.72. The number of nitrogens with one attached hydrogen (secondary N) is 1. The fraction of sp³-hybridized carbons (Fsp3) is 0.105. The van der Waals surface area contributed by atoms with Gasteiger partial charge in [0.15, 0.2) is 5.82 Å². The number of fused-ring (bicyclic) bond motifs is 1. The summed E-state index contributed by atoms with van der Waals surface area (Å²) in [6.07, 6.45) is 3.54. The van der Waals surface area contributed by atoms with Gasteiger partial charge < -0.3 is 5.32 Å². The van der Waals surface area contributed by atoms with E-state index >= 15 is 0 Å². The van der Waals surface area contributed by atoms with E-state index in [2.05, 4.69) is 42.3 Å². The fourth-order valence-corrected chi connectivity index (χ4v) is 3.48. The lowest BCUT2D eigenvalue weighted by molar-refractivity contribution is 1.21. The van der Waals surface area contributed by atoms with Gasteiger partial charge in [0, 0.05) is 28.5 Å². The van der Waals surface area contributed by atoms with Crippen LogP contribution in [0.25, 0.3) is 21.6 Å². The summed E-state index contributed by atoms with van der Waals surface area (Å²) in [7, 11) is 0. The average molecular weight is 332 g/mol. The van der Waals surface area contributed by atoms with Crippen LogP contribution in [0, 0.1) is 13.8 Å². The maximum absolute atomic E-state index is 4.77. The number of rotatable bonds is 3. The summed E-state index contributed by atoms with van der Waals surface area (Å²) in [6, 6.07) is 14.2. The quantitative estimate of drug-likeness (QED) is 0.566. The zero-order valence-corrected chi connectivity index (χ0v) is 14.3.